The second kappa shape index (κ2) is 7.13. The number of nitrogens with one attached hydrogen (secondary N) is 1. The zero-order valence-electron chi connectivity index (χ0n) is 12.8. The van der Waals surface area contributed by atoms with Crippen molar-refractivity contribution >= 4 is 28.6 Å². The van der Waals surface area contributed by atoms with E-state index in [4.69, 9.17) is 17.3 Å². The predicted molar refractivity (Wildman–Crippen MR) is 98.7 cm³/mol. The Morgan fingerprint density at radius 2 is 1.91 bits per heavy atom. The molecule has 118 valence electrons. The summed E-state index contributed by atoms with van der Waals surface area (Å²) in [4.78, 5) is 5.31. The third-order valence-electron chi connectivity index (χ3n) is 3.70. The van der Waals surface area contributed by atoms with Crippen LogP contribution in [0.3, 0.4) is 0 Å². The number of halogens is 1. The first-order valence-corrected chi connectivity index (χ1v) is 8.62. The molecular formula is C18H18ClN3S. The molecule has 0 atom stereocenters. The molecule has 0 amide bonds. The SMILES string of the molecule is Cc1cc(-c2csc(CNCc3ccncc3)c2)cc(Cl)c1N. The van der Waals surface area contributed by atoms with Crippen molar-refractivity contribution in [2.45, 2.75) is 20.0 Å². The number of benzene rings is 1. The molecule has 3 aromatic rings. The lowest BCUT2D eigenvalue weighted by Crippen LogP contribution is -2.11. The summed E-state index contributed by atoms with van der Waals surface area (Å²) in [6.45, 7) is 3.66. The number of thiophene rings is 1. The fraction of sp³-hybridized carbons (Fsp3) is 0.167. The molecule has 2 heterocycles. The molecular weight excluding hydrogens is 326 g/mol. The lowest BCUT2D eigenvalue weighted by atomic mass is 10.0. The Morgan fingerprint density at radius 3 is 2.65 bits per heavy atom. The van der Waals surface area contributed by atoms with Gasteiger partial charge >= 0.3 is 0 Å². The van der Waals surface area contributed by atoms with Crippen molar-refractivity contribution in [2.75, 3.05) is 5.73 Å². The molecule has 0 aliphatic carbocycles. The van der Waals surface area contributed by atoms with Crippen LogP contribution in [0.2, 0.25) is 5.02 Å². The Labute approximate surface area is 145 Å². The molecule has 0 spiro atoms. The summed E-state index contributed by atoms with van der Waals surface area (Å²) in [6.07, 6.45) is 3.63. The minimum atomic E-state index is 0.614. The van der Waals surface area contributed by atoms with Crippen molar-refractivity contribution in [1.29, 1.82) is 0 Å². The summed E-state index contributed by atoms with van der Waals surface area (Å²) in [5.41, 5.74) is 11.1. The van der Waals surface area contributed by atoms with Gasteiger partial charge in [0.05, 0.1) is 10.7 Å². The zero-order valence-corrected chi connectivity index (χ0v) is 14.4. The minimum Gasteiger partial charge on any atom is -0.397 e. The van der Waals surface area contributed by atoms with Crippen LogP contribution >= 0.6 is 22.9 Å². The van der Waals surface area contributed by atoms with Crippen molar-refractivity contribution in [3.05, 3.63) is 69.1 Å². The average molecular weight is 344 g/mol. The van der Waals surface area contributed by atoms with Crippen LogP contribution in [0, 0.1) is 6.92 Å². The van der Waals surface area contributed by atoms with E-state index in [1.807, 2.05) is 37.5 Å². The third-order valence-corrected chi connectivity index (χ3v) is 4.95. The monoisotopic (exact) mass is 343 g/mol. The van der Waals surface area contributed by atoms with E-state index < -0.39 is 0 Å². The number of nitrogen functional groups attached to an aromatic ring is 1. The van der Waals surface area contributed by atoms with Crippen LogP contribution in [-0.4, -0.2) is 4.98 Å². The van der Waals surface area contributed by atoms with Gasteiger partial charge in [0.25, 0.3) is 0 Å². The number of anilines is 1. The summed E-state index contributed by atoms with van der Waals surface area (Å²) in [6, 6.07) is 10.3. The van der Waals surface area contributed by atoms with E-state index >= 15 is 0 Å². The fourth-order valence-electron chi connectivity index (χ4n) is 2.38. The Balaban J connectivity index is 1.66. The Kier molecular flexibility index (Phi) is 4.96. The molecule has 0 fully saturated rings. The van der Waals surface area contributed by atoms with Gasteiger partial charge in [-0.25, -0.2) is 0 Å². The largest absolute Gasteiger partial charge is 0.397 e. The Morgan fingerprint density at radius 1 is 1.13 bits per heavy atom. The molecule has 0 unspecified atom stereocenters. The number of nitrogens with two attached hydrogens (primary N) is 1. The maximum atomic E-state index is 6.19. The van der Waals surface area contributed by atoms with Gasteiger partial charge in [-0.3, -0.25) is 4.98 Å². The molecule has 3 rings (SSSR count). The van der Waals surface area contributed by atoms with Crippen molar-refractivity contribution in [2.24, 2.45) is 0 Å². The van der Waals surface area contributed by atoms with E-state index in [-0.39, 0.29) is 0 Å². The highest BCUT2D eigenvalue weighted by Gasteiger charge is 2.07. The van der Waals surface area contributed by atoms with E-state index in [9.17, 15) is 0 Å². The van der Waals surface area contributed by atoms with Gasteiger partial charge < -0.3 is 11.1 Å². The second-order valence-corrected chi connectivity index (χ2v) is 6.85. The first-order chi connectivity index (χ1) is 11.1. The molecule has 2 aromatic heterocycles. The van der Waals surface area contributed by atoms with Crippen LogP contribution in [0.5, 0.6) is 0 Å². The van der Waals surface area contributed by atoms with Crippen LogP contribution in [-0.2, 0) is 13.1 Å². The summed E-state index contributed by atoms with van der Waals surface area (Å²) < 4.78 is 0. The molecule has 0 saturated carbocycles. The smallest absolute Gasteiger partial charge is 0.0644 e. The van der Waals surface area contributed by atoms with Crippen molar-refractivity contribution in [3.8, 4) is 11.1 Å². The molecule has 0 bridgehead atoms. The molecule has 0 aliphatic heterocycles. The lowest BCUT2D eigenvalue weighted by molar-refractivity contribution is 0.700. The molecule has 0 aliphatic rings. The topological polar surface area (TPSA) is 50.9 Å². The van der Waals surface area contributed by atoms with Gasteiger partial charge in [-0.05, 0) is 64.9 Å². The van der Waals surface area contributed by atoms with Crippen molar-refractivity contribution in [1.82, 2.24) is 10.3 Å². The first kappa shape index (κ1) is 16.0. The number of hydrogen-bond donors (Lipinski definition) is 2. The van der Waals surface area contributed by atoms with Crippen LogP contribution in [0.25, 0.3) is 11.1 Å². The number of pyridine rings is 1. The number of nitrogens with zero attached hydrogens (tertiary/aromatic N) is 1. The van der Waals surface area contributed by atoms with Gasteiger partial charge in [0.1, 0.15) is 0 Å². The number of rotatable bonds is 5. The molecule has 3 N–H and O–H groups in total. The molecule has 3 nitrogen and oxygen atoms in total. The predicted octanol–water partition coefficient (Wildman–Crippen LogP) is 4.64. The second-order valence-electron chi connectivity index (χ2n) is 5.45. The van der Waals surface area contributed by atoms with E-state index in [0.29, 0.717) is 10.7 Å². The Hall–Kier alpha value is -1.88. The van der Waals surface area contributed by atoms with Gasteiger partial charge in [-0.1, -0.05) is 11.6 Å². The van der Waals surface area contributed by atoms with Crippen LogP contribution in [0.15, 0.2) is 48.1 Å². The average Bonchev–Trinajstić information content (AvgIpc) is 3.02. The Bertz CT molecular complexity index is 776. The van der Waals surface area contributed by atoms with Gasteiger partial charge in [-0.2, -0.15) is 0 Å². The standard InChI is InChI=1S/C18H18ClN3S/c1-12-6-14(8-17(19)18(12)20)15-7-16(23-11-15)10-22-9-13-2-4-21-5-3-13/h2-8,11,22H,9-10,20H2,1H3. The summed E-state index contributed by atoms with van der Waals surface area (Å²) >= 11 is 7.93. The van der Waals surface area contributed by atoms with Gasteiger partial charge in [0.15, 0.2) is 0 Å². The molecule has 0 saturated heterocycles. The fourth-order valence-corrected chi connectivity index (χ4v) is 3.51. The summed E-state index contributed by atoms with van der Waals surface area (Å²) in [5, 5.41) is 6.22. The van der Waals surface area contributed by atoms with Crippen molar-refractivity contribution < 1.29 is 0 Å². The molecule has 0 radical (unpaired) electrons. The number of aromatic nitrogens is 1. The van der Waals surface area contributed by atoms with E-state index in [0.717, 1.165) is 24.2 Å². The highest BCUT2D eigenvalue weighted by molar-refractivity contribution is 7.10. The van der Waals surface area contributed by atoms with Crippen molar-refractivity contribution in [3.63, 3.8) is 0 Å². The van der Waals surface area contributed by atoms with E-state index in [1.54, 1.807) is 11.3 Å². The maximum absolute atomic E-state index is 6.19. The summed E-state index contributed by atoms with van der Waals surface area (Å²) in [5.74, 6) is 0. The number of hydrogen-bond acceptors (Lipinski definition) is 4. The molecule has 1 aromatic carbocycles. The summed E-state index contributed by atoms with van der Waals surface area (Å²) in [7, 11) is 0. The van der Waals surface area contributed by atoms with Gasteiger partial charge in [0.2, 0.25) is 0 Å². The quantitative estimate of drug-likeness (QED) is 0.663. The third kappa shape index (κ3) is 3.91. The van der Waals surface area contributed by atoms with Crippen LogP contribution in [0.1, 0.15) is 16.0 Å². The molecule has 5 heteroatoms. The first-order valence-electron chi connectivity index (χ1n) is 7.36. The van der Waals surface area contributed by atoms with Crippen LogP contribution in [0.4, 0.5) is 5.69 Å². The highest BCUT2D eigenvalue weighted by Crippen LogP contribution is 2.32. The van der Waals surface area contributed by atoms with Gasteiger partial charge in [0, 0.05) is 30.4 Å². The molecule has 23 heavy (non-hydrogen) atoms. The normalized spacial score (nSPS) is 10.9. The van der Waals surface area contributed by atoms with E-state index in [1.165, 1.54) is 16.0 Å². The zero-order chi connectivity index (χ0) is 16.2. The minimum absolute atomic E-state index is 0.614. The van der Waals surface area contributed by atoms with E-state index in [2.05, 4.69) is 27.8 Å². The van der Waals surface area contributed by atoms with Gasteiger partial charge in [-0.15, -0.1) is 11.3 Å². The lowest BCUT2D eigenvalue weighted by Gasteiger charge is -2.06. The van der Waals surface area contributed by atoms with Crippen LogP contribution < -0.4 is 11.1 Å². The maximum Gasteiger partial charge on any atom is 0.0644 e. The number of aryl methyl sites for hydroxylation is 1. The highest BCUT2D eigenvalue weighted by atomic mass is 35.5.